The van der Waals surface area contributed by atoms with Gasteiger partial charge >= 0.3 is 0 Å². The van der Waals surface area contributed by atoms with Crippen molar-refractivity contribution < 1.29 is 9.47 Å². The number of rotatable bonds is 5. The molecule has 7 nitrogen and oxygen atoms in total. The smallest absolute Gasteiger partial charge is 0.176 e. The minimum atomic E-state index is -0.283. The summed E-state index contributed by atoms with van der Waals surface area (Å²) in [5.74, 6) is 2.05. The first-order valence-corrected chi connectivity index (χ1v) is 5.84. The first-order chi connectivity index (χ1) is 9.13. The second-order valence-corrected chi connectivity index (χ2v) is 4.11. The molecule has 2 rings (SSSR count). The third-order valence-electron chi connectivity index (χ3n) is 2.79. The van der Waals surface area contributed by atoms with E-state index >= 15 is 0 Å². The Bertz CT molecular complexity index is 555. The maximum atomic E-state index is 6.18. The van der Waals surface area contributed by atoms with Gasteiger partial charge in [-0.2, -0.15) is 4.80 Å². The quantitative estimate of drug-likeness (QED) is 0.843. The van der Waals surface area contributed by atoms with Gasteiger partial charge in [-0.3, -0.25) is 0 Å². The van der Waals surface area contributed by atoms with Crippen molar-refractivity contribution in [2.75, 3.05) is 14.2 Å². The lowest BCUT2D eigenvalue weighted by atomic mass is 10.0. The van der Waals surface area contributed by atoms with Gasteiger partial charge in [-0.05, 0) is 23.4 Å². The van der Waals surface area contributed by atoms with Crippen molar-refractivity contribution >= 4 is 0 Å². The highest BCUT2D eigenvalue weighted by atomic mass is 16.5. The number of nitrogens with two attached hydrogens (primary N) is 1. The van der Waals surface area contributed by atoms with E-state index in [0.29, 0.717) is 12.2 Å². The molecule has 19 heavy (non-hydrogen) atoms. The molecule has 0 fully saturated rings. The van der Waals surface area contributed by atoms with Crippen LogP contribution in [0.15, 0.2) is 18.2 Å². The molecule has 0 bridgehead atoms. The SMILES string of the molecule is COc1ccc(OC)c(C(N)Cc2nnn(C)n2)c1. The molecule has 0 aliphatic rings. The Labute approximate surface area is 111 Å². The van der Waals surface area contributed by atoms with E-state index in [9.17, 15) is 0 Å². The Morgan fingerprint density at radius 1 is 1.32 bits per heavy atom. The van der Waals surface area contributed by atoms with E-state index < -0.39 is 0 Å². The van der Waals surface area contributed by atoms with Crippen LogP contribution in [0.4, 0.5) is 0 Å². The first-order valence-electron chi connectivity index (χ1n) is 5.84. The molecular weight excluding hydrogens is 246 g/mol. The van der Waals surface area contributed by atoms with Gasteiger partial charge in [0.1, 0.15) is 11.5 Å². The van der Waals surface area contributed by atoms with Crippen LogP contribution in [0.5, 0.6) is 11.5 Å². The van der Waals surface area contributed by atoms with Gasteiger partial charge < -0.3 is 15.2 Å². The largest absolute Gasteiger partial charge is 0.497 e. The van der Waals surface area contributed by atoms with Crippen LogP contribution < -0.4 is 15.2 Å². The van der Waals surface area contributed by atoms with Crippen molar-refractivity contribution in [3.8, 4) is 11.5 Å². The lowest BCUT2D eigenvalue weighted by Crippen LogP contribution is -2.15. The summed E-state index contributed by atoms with van der Waals surface area (Å²) in [4.78, 5) is 1.41. The molecule has 2 N–H and O–H groups in total. The first kappa shape index (κ1) is 13.3. The summed E-state index contributed by atoms with van der Waals surface area (Å²) < 4.78 is 10.5. The average Bonchev–Trinajstić information content (AvgIpc) is 2.83. The number of benzene rings is 1. The zero-order valence-corrected chi connectivity index (χ0v) is 11.2. The van der Waals surface area contributed by atoms with Crippen LogP contribution in [0.1, 0.15) is 17.4 Å². The summed E-state index contributed by atoms with van der Waals surface area (Å²) in [7, 11) is 4.94. The van der Waals surface area contributed by atoms with Gasteiger partial charge in [-0.1, -0.05) is 0 Å². The van der Waals surface area contributed by atoms with E-state index in [1.807, 2.05) is 18.2 Å². The van der Waals surface area contributed by atoms with Crippen LogP contribution in [0.2, 0.25) is 0 Å². The number of aryl methyl sites for hydroxylation is 1. The molecular formula is C12H17N5O2. The van der Waals surface area contributed by atoms with Crippen molar-refractivity contribution in [2.24, 2.45) is 12.8 Å². The number of nitrogens with zero attached hydrogens (tertiary/aromatic N) is 4. The van der Waals surface area contributed by atoms with Gasteiger partial charge in [-0.15, -0.1) is 10.2 Å². The van der Waals surface area contributed by atoms with Crippen molar-refractivity contribution in [3.63, 3.8) is 0 Å². The highest BCUT2D eigenvalue weighted by molar-refractivity contribution is 5.42. The lowest BCUT2D eigenvalue weighted by molar-refractivity contribution is 0.394. The highest BCUT2D eigenvalue weighted by Gasteiger charge is 2.16. The van der Waals surface area contributed by atoms with E-state index in [1.54, 1.807) is 21.3 Å². The zero-order chi connectivity index (χ0) is 13.8. The summed E-state index contributed by atoms with van der Waals surface area (Å²) in [6.45, 7) is 0. The van der Waals surface area contributed by atoms with E-state index in [0.717, 1.165) is 17.1 Å². The standard InChI is InChI=1S/C12H17N5O2/c1-17-15-12(14-16-17)7-10(13)9-6-8(18-2)4-5-11(9)19-3/h4-6,10H,7,13H2,1-3H3. The number of aromatic nitrogens is 4. The molecule has 102 valence electrons. The number of ether oxygens (including phenoxy) is 2. The second-order valence-electron chi connectivity index (χ2n) is 4.11. The molecule has 2 aromatic rings. The molecule has 1 aromatic heterocycles. The molecule has 0 aliphatic carbocycles. The van der Waals surface area contributed by atoms with E-state index in [2.05, 4.69) is 15.4 Å². The Kier molecular flexibility index (Phi) is 3.96. The molecule has 1 atom stereocenters. The Balaban J connectivity index is 2.23. The van der Waals surface area contributed by atoms with Crippen LogP contribution >= 0.6 is 0 Å². The molecule has 0 saturated carbocycles. The third-order valence-corrected chi connectivity index (χ3v) is 2.79. The number of hydrogen-bond acceptors (Lipinski definition) is 6. The van der Waals surface area contributed by atoms with Crippen LogP contribution in [0.3, 0.4) is 0 Å². The van der Waals surface area contributed by atoms with Gasteiger partial charge in [-0.25, -0.2) is 0 Å². The maximum Gasteiger partial charge on any atom is 0.176 e. The van der Waals surface area contributed by atoms with Crippen molar-refractivity contribution in [1.29, 1.82) is 0 Å². The summed E-state index contributed by atoms with van der Waals surface area (Å²) in [6, 6.07) is 5.24. The highest BCUT2D eigenvalue weighted by Crippen LogP contribution is 2.29. The van der Waals surface area contributed by atoms with Crippen LogP contribution in [0, 0.1) is 0 Å². The number of methoxy groups -OCH3 is 2. The summed E-state index contributed by atoms with van der Waals surface area (Å²) in [5, 5.41) is 11.8. The van der Waals surface area contributed by atoms with Gasteiger partial charge in [0.2, 0.25) is 0 Å². The molecule has 1 unspecified atom stereocenters. The predicted octanol–water partition coefficient (Wildman–Crippen LogP) is 0.470. The van der Waals surface area contributed by atoms with Crippen molar-refractivity contribution in [1.82, 2.24) is 20.2 Å². The Morgan fingerprint density at radius 2 is 2.11 bits per heavy atom. The summed E-state index contributed by atoms with van der Waals surface area (Å²) >= 11 is 0. The normalized spacial score (nSPS) is 12.2. The van der Waals surface area contributed by atoms with Crippen molar-refractivity contribution in [2.45, 2.75) is 12.5 Å². The van der Waals surface area contributed by atoms with Gasteiger partial charge in [0.25, 0.3) is 0 Å². The Morgan fingerprint density at radius 3 is 2.68 bits per heavy atom. The van der Waals surface area contributed by atoms with Crippen LogP contribution in [0.25, 0.3) is 0 Å². The molecule has 0 amide bonds. The Hall–Kier alpha value is -2.15. The number of tetrazole rings is 1. The minimum Gasteiger partial charge on any atom is -0.497 e. The second kappa shape index (κ2) is 5.66. The molecule has 0 radical (unpaired) electrons. The molecule has 1 aromatic carbocycles. The fourth-order valence-electron chi connectivity index (χ4n) is 1.84. The van der Waals surface area contributed by atoms with Gasteiger partial charge in [0.15, 0.2) is 5.82 Å². The number of hydrogen-bond donors (Lipinski definition) is 1. The van der Waals surface area contributed by atoms with Gasteiger partial charge in [0, 0.05) is 18.0 Å². The van der Waals surface area contributed by atoms with E-state index in [1.165, 1.54) is 4.80 Å². The predicted molar refractivity (Wildman–Crippen MR) is 69.0 cm³/mol. The van der Waals surface area contributed by atoms with E-state index in [4.69, 9.17) is 15.2 Å². The summed E-state index contributed by atoms with van der Waals surface area (Å²) in [6.07, 6.45) is 0.483. The summed E-state index contributed by atoms with van der Waals surface area (Å²) in [5.41, 5.74) is 7.04. The maximum absolute atomic E-state index is 6.18. The fourth-order valence-corrected chi connectivity index (χ4v) is 1.84. The molecule has 0 saturated heterocycles. The fraction of sp³-hybridized carbons (Fsp3) is 0.417. The lowest BCUT2D eigenvalue weighted by Gasteiger charge is -2.15. The monoisotopic (exact) mass is 263 g/mol. The average molecular weight is 263 g/mol. The third kappa shape index (κ3) is 3.00. The molecule has 1 heterocycles. The van der Waals surface area contributed by atoms with Crippen LogP contribution in [-0.2, 0) is 13.5 Å². The molecule has 7 heteroatoms. The van der Waals surface area contributed by atoms with Gasteiger partial charge in [0.05, 0.1) is 21.3 Å². The zero-order valence-electron chi connectivity index (χ0n) is 11.2. The molecule has 0 aliphatic heterocycles. The minimum absolute atomic E-state index is 0.283. The van der Waals surface area contributed by atoms with Crippen LogP contribution in [-0.4, -0.2) is 34.4 Å². The van der Waals surface area contributed by atoms with E-state index in [-0.39, 0.29) is 6.04 Å². The molecule has 0 spiro atoms. The topological polar surface area (TPSA) is 88.1 Å². The van der Waals surface area contributed by atoms with Crippen molar-refractivity contribution in [3.05, 3.63) is 29.6 Å².